The highest BCUT2D eigenvalue weighted by Crippen LogP contribution is 2.15. The molecule has 0 saturated heterocycles. The third-order valence-corrected chi connectivity index (χ3v) is 3.28. The van der Waals surface area contributed by atoms with Crippen LogP contribution in [0.1, 0.15) is 0 Å². The summed E-state index contributed by atoms with van der Waals surface area (Å²) in [6.45, 7) is 0. The number of rotatable bonds is 4. The van der Waals surface area contributed by atoms with Crippen LogP contribution >= 0.6 is 0 Å². The summed E-state index contributed by atoms with van der Waals surface area (Å²) in [7, 11) is -4.15. The Morgan fingerprint density at radius 3 is 1.68 bits per heavy atom. The monoisotopic (exact) mass is 279 g/mol. The molecule has 0 aromatic heterocycles. The highest BCUT2D eigenvalue weighted by atomic mass is 32.2. The fraction of sp³-hybridized carbons (Fsp3) is 0. The lowest BCUT2D eigenvalue weighted by Gasteiger charge is -2.10. The second-order valence-electron chi connectivity index (χ2n) is 3.87. The minimum absolute atomic E-state index is 0.148. The molecular formula is C12H13N3O3S. The molecule has 0 spiro atoms. The summed E-state index contributed by atoms with van der Waals surface area (Å²) in [6.07, 6.45) is 0. The quantitative estimate of drug-likeness (QED) is 0.387. The van der Waals surface area contributed by atoms with Crippen LogP contribution in [0.2, 0.25) is 0 Å². The molecule has 0 amide bonds. The molecule has 0 unspecified atom stereocenters. The van der Waals surface area contributed by atoms with Crippen molar-refractivity contribution in [1.82, 2.24) is 0 Å². The van der Waals surface area contributed by atoms with Gasteiger partial charge in [0.25, 0.3) is 10.1 Å². The lowest BCUT2D eigenvalue weighted by Crippen LogP contribution is -2.08. The number of hydrogen-bond acceptors (Lipinski definition) is 5. The van der Waals surface area contributed by atoms with E-state index in [2.05, 4.69) is 10.9 Å². The Labute approximate surface area is 111 Å². The molecule has 0 saturated carbocycles. The zero-order valence-corrected chi connectivity index (χ0v) is 10.7. The molecule has 2 aromatic rings. The van der Waals surface area contributed by atoms with Gasteiger partial charge in [-0.25, -0.2) is 0 Å². The number of hydrogen-bond donors (Lipinski definition) is 4. The summed E-state index contributed by atoms with van der Waals surface area (Å²) in [5.41, 5.74) is 13.5. The van der Waals surface area contributed by atoms with Gasteiger partial charge in [0.15, 0.2) is 0 Å². The van der Waals surface area contributed by atoms with Crippen LogP contribution in [0.4, 0.5) is 17.1 Å². The van der Waals surface area contributed by atoms with Gasteiger partial charge < -0.3 is 16.6 Å². The molecule has 2 aromatic carbocycles. The van der Waals surface area contributed by atoms with Gasteiger partial charge in [-0.1, -0.05) is 0 Å². The van der Waals surface area contributed by atoms with Crippen molar-refractivity contribution in [3.05, 3.63) is 48.5 Å². The van der Waals surface area contributed by atoms with Gasteiger partial charge in [0.05, 0.1) is 16.3 Å². The van der Waals surface area contributed by atoms with Crippen molar-refractivity contribution >= 4 is 27.2 Å². The molecule has 2 rings (SSSR count). The average molecular weight is 279 g/mol. The summed E-state index contributed by atoms with van der Waals surface area (Å²) in [4.78, 5) is -0.148. The van der Waals surface area contributed by atoms with E-state index in [0.29, 0.717) is 11.4 Å². The molecule has 6 nitrogen and oxygen atoms in total. The van der Waals surface area contributed by atoms with Crippen LogP contribution in [0.15, 0.2) is 53.4 Å². The van der Waals surface area contributed by atoms with E-state index in [1.165, 1.54) is 24.3 Å². The lowest BCUT2D eigenvalue weighted by molar-refractivity contribution is 0.483. The molecule has 7 heteroatoms. The Morgan fingerprint density at radius 2 is 1.26 bits per heavy atom. The summed E-state index contributed by atoms with van der Waals surface area (Å²) in [5, 5.41) is 0. The number of nitrogen functional groups attached to an aromatic ring is 1. The summed E-state index contributed by atoms with van der Waals surface area (Å²) in [6, 6.07) is 12.8. The van der Waals surface area contributed by atoms with Crippen LogP contribution in [-0.4, -0.2) is 13.0 Å². The maximum absolute atomic E-state index is 10.9. The summed E-state index contributed by atoms with van der Waals surface area (Å²) >= 11 is 0. The third-order valence-electron chi connectivity index (χ3n) is 2.41. The van der Waals surface area contributed by atoms with Gasteiger partial charge in [-0.15, -0.1) is 0 Å². The Hall–Kier alpha value is -2.25. The number of nitrogens with two attached hydrogens (primary N) is 1. The van der Waals surface area contributed by atoms with Gasteiger partial charge in [-0.05, 0) is 48.5 Å². The normalized spacial score (nSPS) is 11.0. The van der Waals surface area contributed by atoms with E-state index >= 15 is 0 Å². The van der Waals surface area contributed by atoms with Gasteiger partial charge >= 0.3 is 0 Å². The van der Waals surface area contributed by atoms with Crippen molar-refractivity contribution in [2.24, 2.45) is 0 Å². The van der Waals surface area contributed by atoms with Crippen molar-refractivity contribution in [1.29, 1.82) is 0 Å². The van der Waals surface area contributed by atoms with Crippen LogP contribution in [0.25, 0.3) is 0 Å². The second kappa shape index (κ2) is 5.17. The first kappa shape index (κ1) is 13.2. The highest BCUT2D eigenvalue weighted by Gasteiger charge is 2.07. The predicted molar refractivity (Wildman–Crippen MR) is 74.4 cm³/mol. The van der Waals surface area contributed by atoms with Gasteiger partial charge in [-0.3, -0.25) is 4.55 Å². The van der Waals surface area contributed by atoms with Gasteiger partial charge in [0.1, 0.15) is 0 Å². The first-order valence-electron chi connectivity index (χ1n) is 5.40. The lowest BCUT2D eigenvalue weighted by atomic mass is 10.3. The van der Waals surface area contributed by atoms with E-state index in [-0.39, 0.29) is 4.90 Å². The number of anilines is 3. The molecule has 0 fully saturated rings. The molecule has 0 aliphatic carbocycles. The molecule has 0 heterocycles. The van der Waals surface area contributed by atoms with Crippen molar-refractivity contribution in [3.8, 4) is 0 Å². The van der Waals surface area contributed by atoms with Crippen molar-refractivity contribution in [2.45, 2.75) is 4.90 Å². The number of hydrazine groups is 1. The topological polar surface area (TPSA) is 104 Å². The fourth-order valence-corrected chi connectivity index (χ4v) is 1.90. The highest BCUT2D eigenvalue weighted by molar-refractivity contribution is 7.85. The van der Waals surface area contributed by atoms with Crippen molar-refractivity contribution < 1.29 is 13.0 Å². The van der Waals surface area contributed by atoms with Crippen LogP contribution in [0.3, 0.4) is 0 Å². The van der Waals surface area contributed by atoms with Crippen LogP contribution in [0.5, 0.6) is 0 Å². The molecule has 0 bridgehead atoms. The van der Waals surface area contributed by atoms with E-state index in [9.17, 15) is 8.42 Å². The number of nitrogens with one attached hydrogen (secondary N) is 2. The Kier molecular flexibility index (Phi) is 3.59. The van der Waals surface area contributed by atoms with Crippen LogP contribution in [-0.2, 0) is 10.1 Å². The fourth-order valence-electron chi connectivity index (χ4n) is 1.42. The van der Waals surface area contributed by atoms with Gasteiger partial charge in [0.2, 0.25) is 0 Å². The number of benzene rings is 2. The predicted octanol–water partition coefficient (Wildman–Crippen LogP) is 1.95. The smallest absolute Gasteiger partial charge is 0.294 e. The molecule has 0 aliphatic rings. The van der Waals surface area contributed by atoms with E-state index in [4.69, 9.17) is 10.3 Å². The summed E-state index contributed by atoms with van der Waals surface area (Å²) < 4.78 is 30.6. The van der Waals surface area contributed by atoms with Gasteiger partial charge in [0, 0.05) is 5.69 Å². The first-order valence-corrected chi connectivity index (χ1v) is 6.84. The Morgan fingerprint density at radius 1 is 0.842 bits per heavy atom. The standard InChI is InChI=1S/C12H13N3O3S/c13-9-1-3-10(4-2-9)14-15-11-5-7-12(8-6-11)19(16,17)18/h1-8,14-15H,13H2,(H,16,17,18). The zero-order valence-electron chi connectivity index (χ0n) is 9.87. The maximum Gasteiger partial charge on any atom is 0.294 e. The Balaban J connectivity index is 2.02. The molecule has 100 valence electrons. The molecule has 0 radical (unpaired) electrons. The molecular weight excluding hydrogens is 266 g/mol. The van der Waals surface area contributed by atoms with Crippen LogP contribution in [0, 0.1) is 0 Å². The van der Waals surface area contributed by atoms with E-state index in [1.807, 2.05) is 0 Å². The molecule has 5 N–H and O–H groups in total. The summed E-state index contributed by atoms with van der Waals surface area (Å²) in [5.74, 6) is 0. The SMILES string of the molecule is Nc1ccc(NNc2ccc(S(=O)(=O)O)cc2)cc1. The average Bonchev–Trinajstić information content (AvgIpc) is 2.37. The van der Waals surface area contributed by atoms with Crippen molar-refractivity contribution in [2.75, 3.05) is 16.6 Å². The zero-order chi connectivity index (χ0) is 13.9. The second-order valence-corrected chi connectivity index (χ2v) is 5.29. The van der Waals surface area contributed by atoms with E-state index < -0.39 is 10.1 Å². The first-order chi connectivity index (χ1) is 8.95. The minimum atomic E-state index is -4.15. The van der Waals surface area contributed by atoms with E-state index in [0.717, 1.165) is 5.69 Å². The van der Waals surface area contributed by atoms with Crippen molar-refractivity contribution in [3.63, 3.8) is 0 Å². The van der Waals surface area contributed by atoms with Crippen LogP contribution < -0.4 is 16.6 Å². The largest absolute Gasteiger partial charge is 0.399 e. The van der Waals surface area contributed by atoms with Gasteiger partial charge in [-0.2, -0.15) is 8.42 Å². The van der Waals surface area contributed by atoms with E-state index in [1.54, 1.807) is 24.3 Å². The third kappa shape index (κ3) is 3.60. The molecule has 0 atom stereocenters. The molecule has 0 aliphatic heterocycles. The minimum Gasteiger partial charge on any atom is -0.399 e. The maximum atomic E-state index is 10.9. The molecule has 19 heavy (non-hydrogen) atoms. The Bertz CT molecular complexity index is 652.